The van der Waals surface area contributed by atoms with Crippen molar-refractivity contribution in [3.63, 3.8) is 0 Å². The van der Waals surface area contributed by atoms with E-state index in [0.29, 0.717) is 16.8 Å². The van der Waals surface area contributed by atoms with Crippen molar-refractivity contribution in [2.75, 3.05) is 5.32 Å². The van der Waals surface area contributed by atoms with E-state index < -0.39 is 4.92 Å². The van der Waals surface area contributed by atoms with Gasteiger partial charge in [-0.3, -0.25) is 10.1 Å². The van der Waals surface area contributed by atoms with Crippen molar-refractivity contribution in [2.24, 2.45) is 0 Å². The molecule has 1 aliphatic rings. The number of hydrogen-bond acceptors (Lipinski definition) is 3. The van der Waals surface area contributed by atoms with E-state index >= 15 is 0 Å². The number of rotatable bonds is 3. The summed E-state index contributed by atoms with van der Waals surface area (Å²) in [7, 11) is 0. The third-order valence-corrected chi connectivity index (χ3v) is 3.23. The van der Waals surface area contributed by atoms with E-state index in [-0.39, 0.29) is 5.69 Å². The summed E-state index contributed by atoms with van der Waals surface area (Å²) in [6.45, 7) is 0. The summed E-state index contributed by atoms with van der Waals surface area (Å²) in [6.07, 6.45) is 4.74. The van der Waals surface area contributed by atoms with Crippen LogP contribution in [0.15, 0.2) is 24.3 Å². The van der Waals surface area contributed by atoms with E-state index in [9.17, 15) is 10.1 Å². The Bertz CT molecular complexity index is 458. The number of anilines is 1. The molecule has 96 valence electrons. The van der Waals surface area contributed by atoms with E-state index in [4.69, 9.17) is 12.2 Å². The van der Waals surface area contributed by atoms with Crippen LogP contribution in [0.2, 0.25) is 0 Å². The first-order valence-corrected chi connectivity index (χ1v) is 6.38. The molecule has 0 atom stereocenters. The Morgan fingerprint density at radius 1 is 1.39 bits per heavy atom. The Morgan fingerprint density at radius 2 is 2.11 bits per heavy atom. The Balaban J connectivity index is 1.93. The fourth-order valence-electron chi connectivity index (χ4n) is 2.12. The number of nitro benzene ring substituents is 1. The van der Waals surface area contributed by atoms with Gasteiger partial charge in [0.05, 0.1) is 4.92 Å². The fourth-order valence-corrected chi connectivity index (χ4v) is 2.40. The fraction of sp³-hybridized carbons (Fsp3) is 0.417. The van der Waals surface area contributed by atoms with Gasteiger partial charge in [0.2, 0.25) is 0 Å². The quantitative estimate of drug-likeness (QED) is 0.500. The molecule has 1 aliphatic carbocycles. The molecule has 0 radical (unpaired) electrons. The van der Waals surface area contributed by atoms with Crippen molar-refractivity contribution in [3.8, 4) is 0 Å². The molecular formula is C12H15N3O2S. The molecule has 0 unspecified atom stereocenters. The van der Waals surface area contributed by atoms with Crippen molar-refractivity contribution in [3.05, 3.63) is 34.4 Å². The van der Waals surface area contributed by atoms with Gasteiger partial charge in [-0.05, 0) is 31.1 Å². The van der Waals surface area contributed by atoms with Crippen molar-refractivity contribution in [1.82, 2.24) is 5.32 Å². The maximum Gasteiger partial charge on any atom is 0.271 e. The Morgan fingerprint density at radius 3 is 2.78 bits per heavy atom. The number of nitrogens with one attached hydrogen (secondary N) is 2. The summed E-state index contributed by atoms with van der Waals surface area (Å²) in [5.41, 5.74) is 0.698. The van der Waals surface area contributed by atoms with E-state index in [2.05, 4.69) is 10.6 Å². The van der Waals surface area contributed by atoms with Gasteiger partial charge in [0.1, 0.15) is 0 Å². The number of benzene rings is 1. The molecule has 1 fully saturated rings. The summed E-state index contributed by atoms with van der Waals surface area (Å²) in [4.78, 5) is 10.2. The average molecular weight is 265 g/mol. The molecule has 18 heavy (non-hydrogen) atoms. The first-order chi connectivity index (χ1) is 8.65. The molecule has 2 N–H and O–H groups in total. The topological polar surface area (TPSA) is 67.2 Å². The van der Waals surface area contributed by atoms with Gasteiger partial charge >= 0.3 is 0 Å². The van der Waals surface area contributed by atoms with Crippen LogP contribution in [0.25, 0.3) is 0 Å². The molecule has 0 aromatic heterocycles. The van der Waals surface area contributed by atoms with Crippen LogP contribution in [-0.4, -0.2) is 16.1 Å². The van der Waals surface area contributed by atoms with E-state index in [1.165, 1.54) is 25.0 Å². The van der Waals surface area contributed by atoms with Crippen molar-refractivity contribution < 1.29 is 4.92 Å². The second-order valence-corrected chi connectivity index (χ2v) is 4.80. The molecule has 2 rings (SSSR count). The zero-order chi connectivity index (χ0) is 13.0. The second-order valence-electron chi connectivity index (χ2n) is 4.39. The molecular weight excluding hydrogens is 250 g/mol. The van der Waals surface area contributed by atoms with Crippen molar-refractivity contribution in [2.45, 2.75) is 31.7 Å². The second kappa shape index (κ2) is 5.77. The summed E-state index contributed by atoms with van der Waals surface area (Å²) in [5, 5.41) is 17.4. The number of non-ortho nitro benzene ring substituents is 1. The average Bonchev–Trinajstić information content (AvgIpc) is 2.82. The molecule has 0 bridgehead atoms. The normalized spacial score (nSPS) is 15.3. The minimum Gasteiger partial charge on any atom is -0.360 e. The number of nitro groups is 1. The minimum absolute atomic E-state index is 0.0590. The molecule has 1 saturated carbocycles. The molecule has 0 spiro atoms. The van der Waals surface area contributed by atoms with E-state index in [1.807, 2.05) is 0 Å². The molecule has 0 amide bonds. The van der Waals surface area contributed by atoms with E-state index in [1.54, 1.807) is 12.1 Å². The summed E-state index contributed by atoms with van der Waals surface area (Å²) in [6, 6.07) is 6.76. The zero-order valence-electron chi connectivity index (χ0n) is 9.89. The van der Waals surface area contributed by atoms with Crippen molar-refractivity contribution in [1.29, 1.82) is 0 Å². The van der Waals surface area contributed by atoms with Gasteiger partial charge in [-0.1, -0.05) is 18.9 Å². The van der Waals surface area contributed by atoms with Gasteiger partial charge in [0.25, 0.3) is 5.69 Å². The predicted octanol–water partition coefficient (Wildman–Crippen LogP) is 2.82. The smallest absolute Gasteiger partial charge is 0.271 e. The lowest BCUT2D eigenvalue weighted by Gasteiger charge is -2.15. The van der Waals surface area contributed by atoms with Gasteiger partial charge in [0.15, 0.2) is 5.11 Å². The first kappa shape index (κ1) is 12.8. The summed E-state index contributed by atoms with van der Waals surface area (Å²) in [5.74, 6) is 0. The maximum atomic E-state index is 10.6. The summed E-state index contributed by atoms with van der Waals surface area (Å²) >= 11 is 5.19. The molecule has 6 heteroatoms. The lowest BCUT2D eigenvalue weighted by Crippen LogP contribution is -2.35. The largest absolute Gasteiger partial charge is 0.360 e. The maximum absolute atomic E-state index is 10.6. The predicted molar refractivity (Wildman–Crippen MR) is 74.7 cm³/mol. The third-order valence-electron chi connectivity index (χ3n) is 3.01. The third kappa shape index (κ3) is 3.40. The highest BCUT2D eigenvalue weighted by Gasteiger charge is 2.15. The lowest BCUT2D eigenvalue weighted by atomic mass is 10.2. The van der Waals surface area contributed by atoms with Gasteiger partial charge in [-0.2, -0.15) is 0 Å². The van der Waals surface area contributed by atoms with Crippen LogP contribution in [-0.2, 0) is 0 Å². The monoisotopic (exact) mass is 265 g/mol. The number of hydrogen-bond donors (Lipinski definition) is 2. The van der Waals surface area contributed by atoms with Crippen LogP contribution in [0.4, 0.5) is 11.4 Å². The number of thiocarbonyl (C=S) groups is 1. The highest BCUT2D eigenvalue weighted by molar-refractivity contribution is 7.80. The Labute approximate surface area is 111 Å². The van der Waals surface area contributed by atoms with Gasteiger partial charge in [-0.25, -0.2) is 0 Å². The zero-order valence-corrected chi connectivity index (χ0v) is 10.7. The first-order valence-electron chi connectivity index (χ1n) is 5.97. The molecule has 0 saturated heterocycles. The molecule has 5 nitrogen and oxygen atoms in total. The minimum atomic E-state index is -0.418. The molecule has 1 aromatic rings. The van der Waals surface area contributed by atoms with Crippen molar-refractivity contribution >= 4 is 28.7 Å². The van der Waals surface area contributed by atoms with Crippen LogP contribution in [0.5, 0.6) is 0 Å². The van der Waals surface area contributed by atoms with Crippen LogP contribution in [0, 0.1) is 10.1 Å². The standard InChI is InChI=1S/C12H15N3O2S/c16-15(17)11-7-3-6-10(8-11)14-12(18)13-9-4-1-2-5-9/h3,6-9H,1-2,4-5H2,(H2,13,14,18). The summed E-state index contributed by atoms with van der Waals surface area (Å²) < 4.78 is 0. The van der Waals surface area contributed by atoms with Gasteiger partial charge < -0.3 is 10.6 Å². The van der Waals surface area contributed by atoms with Gasteiger partial charge in [0, 0.05) is 23.9 Å². The van der Waals surface area contributed by atoms with Crippen LogP contribution in [0.1, 0.15) is 25.7 Å². The molecule has 1 aromatic carbocycles. The van der Waals surface area contributed by atoms with Crippen LogP contribution in [0.3, 0.4) is 0 Å². The van der Waals surface area contributed by atoms with Crippen LogP contribution < -0.4 is 10.6 Å². The number of nitrogens with zero attached hydrogens (tertiary/aromatic N) is 1. The van der Waals surface area contributed by atoms with Crippen LogP contribution >= 0.6 is 12.2 Å². The molecule has 0 heterocycles. The Kier molecular flexibility index (Phi) is 4.09. The lowest BCUT2D eigenvalue weighted by molar-refractivity contribution is -0.384. The molecule has 0 aliphatic heterocycles. The highest BCUT2D eigenvalue weighted by atomic mass is 32.1. The van der Waals surface area contributed by atoms with Gasteiger partial charge in [-0.15, -0.1) is 0 Å². The highest BCUT2D eigenvalue weighted by Crippen LogP contribution is 2.19. The van der Waals surface area contributed by atoms with E-state index in [0.717, 1.165) is 12.8 Å². The SMILES string of the molecule is O=[N+]([O-])c1cccc(NC(=S)NC2CCCC2)c1. The Hall–Kier alpha value is -1.69.